The van der Waals surface area contributed by atoms with Crippen LogP contribution in [0.2, 0.25) is 0 Å². The van der Waals surface area contributed by atoms with E-state index < -0.39 is 0 Å². The van der Waals surface area contributed by atoms with Gasteiger partial charge < -0.3 is 4.90 Å². The van der Waals surface area contributed by atoms with E-state index in [-0.39, 0.29) is 5.91 Å². The molecule has 3 rings (SSSR count). The van der Waals surface area contributed by atoms with Crippen LogP contribution < -0.4 is 0 Å². The highest BCUT2D eigenvalue weighted by molar-refractivity contribution is 5.98. The van der Waals surface area contributed by atoms with Crippen molar-refractivity contribution in [1.29, 1.82) is 0 Å². The molecule has 0 N–H and O–H groups in total. The molecule has 1 aromatic carbocycles. The van der Waals surface area contributed by atoms with Gasteiger partial charge in [0.1, 0.15) is 0 Å². The van der Waals surface area contributed by atoms with Crippen molar-refractivity contribution in [2.45, 2.75) is 13.8 Å². The molecule has 3 aromatic rings. The molecule has 25 heavy (non-hydrogen) atoms. The van der Waals surface area contributed by atoms with Crippen LogP contribution in [-0.4, -0.2) is 33.9 Å². The van der Waals surface area contributed by atoms with Crippen LogP contribution in [0.5, 0.6) is 0 Å². The SMILES string of the molecule is CCN(C/C=C/c1ccccc1)C(=O)c1cc2cccnc2nc1C. The highest BCUT2D eigenvalue weighted by Crippen LogP contribution is 2.16. The first-order valence-electron chi connectivity index (χ1n) is 8.42. The lowest BCUT2D eigenvalue weighted by molar-refractivity contribution is 0.0781. The monoisotopic (exact) mass is 331 g/mol. The van der Waals surface area contributed by atoms with E-state index in [0.717, 1.165) is 10.9 Å². The maximum absolute atomic E-state index is 12.9. The lowest BCUT2D eigenvalue weighted by Crippen LogP contribution is -2.31. The zero-order chi connectivity index (χ0) is 17.6. The topological polar surface area (TPSA) is 46.1 Å². The Bertz CT molecular complexity index is 903. The highest BCUT2D eigenvalue weighted by atomic mass is 16.2. The first-order chi connectivity index (χ1) is 12.2. The maximum Gasteiger partial charge on any atom is 0.255 e. The summed E-state index contributed by atoms with van der Waals surface area (Å²) in [5, 5.41) is 0.882. The Labute approximate surface area is 147 Å². The second-order valence-electron chi connectivity index (χ2n) is 5.83. The van der Waals surface area contributed by atoms with Gasteiger partial charge in [0, 0.05) is 24.7 Å². The second kappa shape index (κ2) is 7.71. The van der Waals surface area contributed by atoms with Crippen LogP contribution in [0.3, 0.4) is 0 Å². The average Bonchev–Trinajstić information content (AvgIpc) is 2.65. The number of hydrogen-bond donors (Lipinski definition) is 0. The molecule has 126 valence electrons. The zero-order valence-corrected chi connectivity index (χ0v) is 14.5. The molecule has 0 aliphatic heterocycles. The number of rotatable bonds is 5. The van der Waals surface area contributed by atoms with Crippen LogP contribution in [0, 0.1) is 6.92 Å². The quantitative estimate of drug-likeness (QED) is 0.707. The van der Waals surface area contributed by atoms with Crippen molar-refractivity contribution in [2.75, 3.05) is 13.1 Å². The molecule has 2 heterocycles. The number of amides is 1. The van der Waals surface area contributed by atoms with Crippen LogP contribution in [0.25, 0.3) is 17.1 Å². The van der Waals surface area contributed by atoms with Crippen molar-refractivity contribution < 1.29 is 4.79 Å². The first-order valence-corrected chi connectivity index (χ1v) is 8.42. The van der Waals surface area contributed by atoms with Gasteiger partial charge in [0.25, 0.3) is 5.91 Å². The molecule has 0 aliphatic rings. The lowest BCUT2D eigenvalue weighted by Gasteiger charge is -2.20. The molecular weight excluding hydrogens is 310 g/mol. The van der Waals surface area contributed by atoms with Crippen molar-refractivity contribution in [3.05, 3.63) is 77.6 Å². The minimum absolute atomic E-state index is 0.00374. The number of nitrogens with zero attached hydrogens (tertiary/aromatic N) is 3. The third-order valence-electron chi connectivity index (χ3n) is 4.12. The van der Waals surface area contributed by atoms with Gasteiger partial charge in [-0.15, -0.1) is 0 Å². The molecule has 0 unspecified atom stereocenters. The number of pyridine rings is 2. The van der Waals surface area contributed by atoms with Gasteiger partial charge in [-0.3, -0.25) is 4.79 Å². The number of likely N-dealkylation sites (N-methyl/N-ethyl adjacent to an activating group) is 1. The number of aryl methyl sites for hydroxylation is 1. The minimum atomic E-state index is -0.00374. The van der Waals surface area contributed by atoms with Crippen LogP contribution >= 0.6 is 0 Å². The van der Waals surface area contributed by atoms with Crippen molar-refractivity contribution in [3.63, 3.8) is 0 Å². The molecule has 2 aromatic heterocycles. The van der Waals surface area contributed by atoms with E-state index >= 15 is 0 Å². The molecule has 1 amide bonds. The molecule has 0 bridgehead atoms. The van der Waals surface area contributed by atoms with Gasteiger partial charge in [-0.1, -0.05) is 42.5 Å². The van der Waals surface area contributed by atoms with Gasteiger partial charge in [-0.05, 0) is 37.6 Å². The molecule has 0 radical (unpaired) electrons. The third-order valence-corrected chi connectivity index (χ3v) is 4.12. The fourth-order valence-corrected chi connectivity index (χ4v) is 2.72. The van der Waals surface area contributed by atoms with E-state index in [4.69, 9.17) is 0 Å². The van der Waals surface area contributed by atoms with E-state index in [2.05, 4.69) is 9.97 Å². The smallest absolute Gasteiger partial charge is 0.255 e. The fourth-order valence-electron chi connectivity index (χ4n) is 2.72. The van der Waals surface area contributed by atoms with Crippen molar-refractivity contribution >= 4 is 23.0 Å². The zero-order valence-electron chi connectivity index (χ0n) is 14.5. The Hall–Kier alpha value is -3.01. The van der Waals surface area contributed by atoms with Crippen LogP contribution in [-0.2, 0) is 0 Å². The number of benzene rings is 1. The summed E-state index contributed by atoms with van der Waals surface area (Å²) in [5.41, 5.74) is 3.14. The van der Waals surface area contributed by atoms with Crippen molar-refractivity contribution in [1.82, 2.24) is 14.9 Å². The summed E-state index contributed by atoms with van der Waals surface area (Å²) in [6, 6.07) is 15.7. The van der Waals surface area contributed by atoms with Gasteiger partial charge in [0.15, 0.2) is 5.65 Å². The summed E-state index contributed by atoms with van der Waals surface area (Å²) < 4.78 is 0. The molecule has 4 nitrogen and oxygen atoms in total. The van der Waals surface area contributed by atoms with Gasteiger partial charge in [0.2, 0.25) is 0 Å². The van der Waals surface area contributed by atoms with E-state index in [0.29, 0.717) is 30.0 Å². The van der Waals surface area contributed by atoms with Gasteiger partial charge in [0.05, 0.1) is 11.3 Å². The summed E-state index contributed by atoms with van der Waals surface area (Å²) in [7, 11) is 0. The first kappa shape index (κ1) is 16.8. The predicted molar refractivity (Wildman–Crippen MR) is 101 cm³/mol. The highest BCUT2D eigenvalue weighted by Gasteiger charge is 2.17. The molecular formula is C21H21N3O. The Kier molecular flexibility index (Phi) is 5.19. The summed E-state index contributed by atoms with van der Waals surface area (Å²) in [6.45, 7) is 5.05. The van der Waals surface area contributed by atoms with E-state index in [1.807, 2.05) is 79.4 Å². The van der Waals surface area contributed by atoms with Crippen LogP contribution in [0.15, 0.2) is 60.8 Å². The summed E-state index contributed by atoms with van der Waals surface area (Å²) >= 11 is 0. The van der Waals surface area contributed by atoms with Gasteiger partial charge in [-0.2, -0.15) is 0 Å². The minimum Gasteiger partial charge on any atom is -0.335 e. The molecule has 0 saturated heterocycles. The summed E-state index contributed by atoms with van der Waals surface area (Å²) in [6.07, 6.45) is 5.76. The predicted octanol–water partition coefficient (Wildman–Crippen LogP) is 4.11. The van der Waals surface area contributed by atoms with Gasteiger partial charge >= 0.3 is 0 Å². The largest absolute Gasteiger partial charge is 0.335 e. The van der Waals surface area contributed by atoms with Crippen molar-refractivity contribution in [3.8, 4) is 0 Å². The Morgan fingerprint density at radius 1 is 1.16 bits per heavy atom. The molecule has 0 atom stereocenters. The molecule has 4 heteroatoms. The van der Waals surface area contributed by atoms with E-state index in [9.17, 15) is 4.79 Å². The normalized spacial score (nSPS) is 11.1. The number of aromatic nitrogens is 2. The van der Waals surface area contributed by atoms with E-state index in [1.54, 1.807) is 6.20 Å². The number of carbonyl (C=O) groups excluding carboxylic acids is 1. The fraction of sp³-hybridized carbons (Fsp3) is 0.190. The number of fused-ring (bicyclic) bond motifs is 1. The summed E-state index contributed by atoms with van der Waals surface area (Å²) in [5.74, 6) is -0.00374. The standard InChI is InChI=1S/C21H21N3O/c1-3-24(14-8-11-17-9-5-4-6-10-17)21(25)19-15-18-12-7-13-22-20(18)23-16(19)2/h4-13,15H,3,14H2,1-2H3/b11-8+. The van der Waals surface area contributed by atoms with Crippen LogP contribution in [0.1, 0.15) is 28.5 Å². The average molecular weight is 331 g/mol. The number of carbonyl (C=O) groups is 1. The Balaban J connectivity index is 1.80. The summed E-state index contributed by atoms with van der Waals surface area (Å²) in [4.78, 5) is 23.4. The lowest BCUT2D eigenvalue weighted by atomic mass is 10.1. The maximum atomic E-state index is 12.9. The molecule has 0 spiro atoms. The Morgan fingerprint density at radius 2 is 1.96 bits per heavy atom. The number of hydrogen-bond acceptors (Lipinski definition) is 3. The van der Waals surface area contributed by atoms with E-state index in [1.165, 1.54) is 0 Å². The third kappa shape index (κ3) is 3.91. The molecule has 0 aliphatic carbocycles. The molecule has 0 saturated carbocycles. The van der Waals surface area contributed by atoms with Crippen molar-refractivity contribution in [2.24, 2.45) is 0 Å². The molecule has 0 fully saturated rings. The Morgan fingerprint density at radius 3 is 2.72 bits per heavy atom. The second-order valence-corrected chi connectivity index (χ2v) is 5.83. The van der Waals surface area contributed by atoms with Gasteiger partial charge in [-0.25, -0.2) is 9.97 Å². The van der Waals surface area contributed by atoms with Crippen LogP contribution in [0.4, 0.5) is 0 Å².